The third kappa shape index (κ3) is 4.39. The number of carbonyl (C=O) groups is 1. The third-order valence-corrected chi connectivity index (χ3v) is 4.33. The monoisotopic (exact) mass is 354 g/mol. The number of carbonyl (C=O) groups excluding carboxylic acids is 1. The molecule has 136 valence electrons. The number of nitrogens with zero attached hydrogens (tertiary/aromatic N) is 2. The van der Waals surface area contributed by atoms with E-state index in [0.29, 0.717) is 25.1 Å². The number of amides is 2. The van der Waals surface area contributed by atoms with Crippen molar-refractivity contribution >= 4 is 17.1 Å². The van der Waals surface area contributed by atoms with Crippen LogP contribution in [0.25, 0.3) is 11.0 Å². The fourth-order valence-electron chi connectivity index (χ4n) is 2.99. The molecular formula is C20H23FN4O. The Morgan fingerprint density at radius 2 is 1.81 bits per heavy atom. The van der Waals surface area contributed by atoms with Gasteiger partial charge in [-0.1, -0.05) is 30.3 Å². The van der Waals surface area contributed by atoms with E-state index in [1.807, 2.05) is 25.1 Å². The van der Waals surface area contributed by atoms with E-state index in [2.05, 4.69) is 26.3 Å². The molecule has 0 saturated heterocycles. The molecule has 0 saturated carbocycles. The van der Waals surface area contributed by atoms with Crippen molar-refractivity contribution in [1.82, 2.24) is 20.2 Å². The number of hydrogen-bond acceptors (Lipinski definition) is 2. The number of nitrogens with one attached hydrogen (secondary N) is 2. The SMILES string of the molecule is Cc1nc2ccccc2n1CCCNC(=O)NCCc1ccccc1F. The van der Waals surface area contributed by atoms with Crippen molar-refractivity contribution in [2.24, 2.45) is 0 Å². The molecule has 2 N–H and O–H groups in total. The van der Waals surface area contributed by atoms with E-state index in [0.717, 1.165) is 29.8 Å². The molecule has 0 aliphatic carbocycles. The zero-order valence-corrected chi connectivity index (χ0v) is 14.8. The molecule has 0 radical (unpaired) electrons. The van der Waals surface area contributed by atoms with Gasteiger partial charge in [-0.05, 0) is 43.5 Å². The van der Waals surface area contributed by atoms with Crippen molar-refractivity contribution in [3.05, 3.63) is 65.7 Å². The van der Waals surface area contributed by atoms with Crippen LogP contribution in [-0.2, 0) is 13.0 Å². The normalized spacial score (nSPS) is 10.8. The van der Waals surface area contributed by atoms with Gasteiger partial charge in [0.2, 0.25) is 0 Å². The highest BCUT2D eigenvalue weighted by atomic mass is 19.1. The lowest BCUT2D eigenvalue weighted by Gasteiger charge is -2.10. The molecule has 2 amide bonds. The van der Waals surface area contributed by atoms with Gasteiger partial charge < -0.3 is 15.2 Å². The first-order valence-corrected chi connectivity index (χ1v) is 8.82. The molecule has 0 aliphatic heterocycles. The van der Waals surface area contributed by atoms with Gasteiger partial charge in [0.25, 0.3) is 0 Å². The number of benzene rings is 2. The average Bonchev–Trinajstić information content (AvgIpc) is 2.96. The molecule has 1 heterocycles. The van der Waals surface area contributed by atoms with Crippen LogP contribution in [0.3, 0.4) is 0 Å². The summed E-state index contributed by atoms with van der Waals surface area (Å²) in [6, 6.07) is 14.4. The van der Waals surface area contributed by atoms with Crippen molar-refractivity contribution in [3.8, 4) is 0 Å². The van der Waals surface area contributed by atoms with E-state index in [1.54, 1.807) is 18.2 Å². The number of halogens is 1. The Balaban J connectivity index is 1.39. The van der Waals surface area contributed by atoms with Crippen molar-refractivity contribution in [3.63, 3.8) is 0 Å². The number of imidazole rings is 1. The number of urea groups is 1. The molecule has 0 bridgehead atoms. The van der Waals surface area contributed by atoms with E-state index in [1.165, 1.54) is 6.07 Å². The lowest BCUT2D eigenvalue weighted by atomic mass is 10.1. The standard InChI is InChI=1S/C20H23FN4O/c1-15-24-18-9-4-5-10-19(18)25(15)14-6-12-22-20(26)23-13-11-16-7-2-3-8-17(16)21/h2-5,7-10H,6,11-14H2,1H3,(H2,22,23,26). The summed E-state index contributed by atoms with van der Waals surface area (Å²) < 4.78 is 15.7. The van der Waals surface area contributed by atoms with E-state index >= 15 is 0 Å². The summed E-state index contributed by atoms with van der Waals surface area (Å²) >= 11 is 0. The maximum Gasteiger partial charge on any atom is 0.314 e. The minimum atomic E-state index is -0.238. The second-order valence-corrected chi connectivity index (χ2v) is 6.18. The Kier molecular flexibility index (Phi) is 5.84. The van der Waals surface area contributed by atoms with Crippen LogP contribution in [0.2, 0.25) is 0 Å². The molecule has 0 spiro atoms. The van der Waals surface area contributed by atoms with Crippen molar-refractivity contribution in [2.45, 2.75) is 26.3 Å². The van der Waals surface area contributed by atoms with Crippen LogP contribution >= 0.6 is 0 Å². The summed E-state index contributed by atoms with van der Waals surface area (Å²) in [5, 5.41) is 5.59. The van der Waals surface area contributed by atoms with Crippen LogP contribution in [0.1, 0.15) is 17.8 Å². The second-order valence-electron chi connectivity index (χ2n) is 6.18. The van der Waals surface area contributed by atoms with Gasteiger partial charge in [0.15, 0.2) is 0 Å². The summed E-state index contributed by atoms with van der Waals surface area (Å²) in [5.41, 5.74) is 2.71. The molecule has 0 aliphatic rings. The maximum absolute atomic E-state index is 13.5. The molecule has 0 fully saturated rings. The topological polar surface area (TPSA) is 59.0 Å². The van der Waals surface area contributed by atoms with Crippen LogP contribution in [-0.4, -0.2) is 28.7 Å². The number of para-hydroxylation sites is 2. The Labute approximate surface area is 152 Å². The molecule has 0 atom stereocenters. The quantitative estimate of drug-likeness (QED) is 0.639. The third-order valence-electron chi connectivity index (χ3n) is 4.33. The zero-order chi connectivity index (χ0) is 18.4. The van der Waals surface area contributed by atoms with Crippen LogP contribution in [0.15, 0.2) is 48.5 Å². The predicted molar refractivity (Wildman–Crippen MR) is 101 cm³/mol. The molecule has 26 heavy (non-hydrogen) atoms. The lowest BCUT2D eigenvalue weighted by Crippen LogP contribution is -2.37. The van der Waals surface area contributed by atoms with Crippen molar-refractivity contribution < 1.29 is 9.18 Å². The highest BCUT2D eigenvalue weighted by Crippen LogP contribution is 2.15. The van der Waals surface area contributed by atoms with E-state index in [9.17, 15) is 9.18 Å². The number of aryl methyl sites for hydroxylation is 2. The summed E-state index contributed by atoms with van der Waals surface area (Å²) in [6.45, 7) is 3.75. The van der Waals surface area contributed by atoms with Gasteiger partial charge >= 0.3 is 6.03 Å². The number of rotatable bonds is 7. The van der Waals surface area contributed by atoms with Crippen LogP contribution in [0.4, 0.5) is 9.18 Å². The lowest BCUT2D eigenvalue weighted by molar-refractivity contribution is 0.240. The molecular weight excluding hydrogens is 331 g/mol. The predicted octanol–water partition coefficient (Wildman–Crippen LogP) is 3.42. The first-order valence-electron chi connectivity index (χ1n) is 8.82. The van der Waals surface area contributed by atoms with E-state index in [4.69, 9.17) is 0 Å². The number of fused-ring (bicyclic) bond motifs is 1. The summed E-state index contributed by atoms with van der Waals surface area (Å²) in [6.07, 6.45) is 1.28. The van der Waals surface area contributed by atoms with Crippen LogP contribution in [0.5, 0.6) is 0 Å². The molecule has 2 aromatic carbocycles. The molecule has 5 nitrogen and oxygen atoms in total. The Morgan fingerprint density at radius 1 is 1.08 bits per heavy atom. The van der Waals surface area contributed by atoms with Gasteiger partial charge in [-0.2, -0.15) is 0 Å². The molecule has 0 unspecified atom stereocenters. The van der Waals surface area contributed by atoms with Gasteiger partial charge in [0, 0.05) is 19.6 Å². The average molecular weight is 354 g/mol. The van der Waals surface area contributed by atoms with Gasteiger partial charge in [-0.3, -0.25) is 0 Å². The Morgan fingerprint density at radius 3 is 2.65 bits per heavy atom. The highest BCUT2D eigenvalue weighted by molar-refractivity contribution is 5.76. The molecule has 6 heteroatoms. The summed E-state index contributed by atoms with van der Waals surface area (Å²) in [7, 11) is 0. The maximum atomic E-state index is 13.5. The summed E-state index contributed by atoms with van der Waals surface area (Å²) in [4.78, 5) is 16.4. The smallest absolute Gasteiger partial charge is 0.314 e. The largest absolute Gasteiger partial charge is 0.338 e. The van der Waals surface area contributed by atoms with Crippen LogP contribution in [0, 0.1) is 12.7 Å². The first kappa shape index (κ1) is 17.9. The molecule has 3 aromatic rings. The van der Waals surface area contributed by atoms with Crippen molar-refractivity contribution in [2.75, 3.05) is 13.1 Å². The van der Waals surface area contributed by atoms with Gasteiger partial charge in [-0.25, -0.2) is 14.2 Å². The second kappa shape index (κ2) is 8.47. The minimum absolute atomic E-state index is 0.228. The van der Waals surface area contributed by atoms with E-state index < -0.39 is 0 Å². The highest BCUT2D eigenvalue weighted by Gasteiger charge is 2.07. The number of aromatic nitrogens is 2. The molecule has 1 aromatic heterocycles. The first-order chi connectivity index (χ1) is 12.6. The van der Waals surface area contributed by atoms with E-state index in [-0.39, 0.29) is 11.8 Å². The molecule has 3 rings (SSSR count). The Hall–Kier alpha value is -2.89. The fourth-order valence-corrected chi connectivity index (χ4v) is 2.99. The van der Waals surface area contributed by atoms with Crippen molar-refractivity contribution in [1.29, 1.82) is 0 Å². The van der Waals surface area contributed by atoms with Gasteiger partial charge in [0.1, 0.15) is 11.6 Å². The van der Waals surface area contributed by atoms with Gasteiger partial charge in [0.05, 0.1) is 11.0 Å². The van der Waals surface area contributed by atoms with Crippen LogP contribution < -0.4 is 10.6 Å². The minimum Gasteiger partial charge on any atom is -0.338 e. The Bertz CT molecular complexity index is 890. The summed E-state index contributed by atoms with van der Waals surface area (Å²) in [5.74, 6) is 0.734. The number of hydrogen-bond donors (Lipinski definition) is 2. The van der Waals surface area contributed by atoms with Gasteiger partial charge in [-0.15, -0.1) is 0 Å². The fraction of sp³-hybridized carbons (Fsp3) is 0.300. The zero-order valence-electron chi connectivity index (χ0n) is 14.8.